The predicted octanol–water partition coefficient (Wildman–Crippen LogP) is 6.40. The number of nitrogens with one attached hydrogen (secondary N) is 1. The Morgan fingerprint density at radius 1 is 1.16 bits per heavy atom. The first-order valence-corrected chi connectivity index (χ1v) is 11.5. The lowest BCUT2D eigenvalue weighted by Crippen LogP contribution is -2.14. The predicted molar refractivity (Wildman–Crippen MR) is 113 cm³/mol. The van der Waals surface area contributed by atoms with Crippen molar-refractivity contribution in [2.24, 2.45) is 0 Å². The topological polar surface area (TPSA) is 90.1 Å². The molecule has 7 nitrogen and oxygen atoms in total. The summed E-state index contributed by atoms with van der Waals surface area (Å²) in [5.41, 5.74) is -2.22. The molecule has 0 radical (unpaired) electrons. The van der Waals surface area contributed by atoms with Crippen LogP contribution in [0.2, 0.25) is 15.1 Å². The number of anilines is 1. The summed E-state index contributed by atoms with van der Waals surface area (Å²) in [6.45, 7) is 1.33. The second kappa shape index (κ2) is 8.35. The van der Waals surface area contributed by atoms with Crippen LogP contribution in [0.4, 0.5) is 24.7 Å². The molecule has 0 aliphatic rings. The van der Waals surface area contributed by atoms with E-state index in [0.717, 1.165) is 10.9 Å². The minimum absolute atomic E-state index is 0.343. The van der Waals surface area contributed by atoms with Gasteiger partial charge in [0, 0.05) is 12.0 Å². The molecule has 164 valence electrons. The van der Waals surface area contributed by atoms with Gasteiger partial charge >= 0.3 is 11.9 Å². The second-order valence-electron chi connectivity index (χ2n) is 6.30. The van der Waals surface area contributed by atoms with Crippen molar-refractivity contribution >= 4 is 58.9 Å². The van der Waals surface area contributed by atoms with E-state index in [4.69, 9.17) is 34.8 Å². The van der Waals surface area contributed by atoms with Crippen LogP contribution in [0.25, 0.3) is 5.69 Å². The number of rotatable bonds is 5. The van der Waals surface area contributed by atoms with Crippen molar-refractivity contribution in [2.45, 2.75) is 6.18 Å². The van der Waals surface area contributed by atoms with Crippen molar-refractivity contribution < 1.29 is 22.7 Å². The van der Waals surface area contributed by atoms with Gasteiger partial charge in [-0.05, 0) is 18.2 Å². The van der Waals surface area contributed by atoms with Gasteiger partial charge in [0.2, 0.25) is 5.82 Å². The lowest BCUT2D eigenvalue weighted by molar-refractivity contribution is -0.383. The molecule has 0 fully saturated rings. The monoisotopic (exact) mass is 512 g/mol. The summed E-state index contributed by atoms with van der Waals surface area (Å²) in [4.78, 5) is 10.7. The number of nitro groups is 1. The zero-order chi connectivity index (χ0) is 23.1. The molecule has 31 heavy (non-hydrogen) atoms. The molecule has 14 heteroatoms. The van der Waals surface area contributed by atoms with Crippen molar-refractivity contribution in [1.82, 2.24) is 9.78 Å². The summed E-state index contributed by atoms with van der Waals surface area (Å²) < 4.78 is 53.6. The highest BCUT2D eigenvalue weighted by molar-refractivity contribution is 7.72. The molecule has 0 aliphatic heterocycles. The van der Waals surface area contributed by atoms with Gasteiger partial charge in [-0.2, -0.15) is 18.3 Å². The Hall–Kier alpha value is -2.26. The molecule has 0 aliphatic carbocycles. The van der Waals surface area contributed by atoms with E-state index in [0.29, 0.717) is 11.4 Å². The Morgan fingerprint density at radius 3 is 2.32 bits per heavy atom. The van der Waals surface area contributed by atoms with Gasteiger partial charge in [0.1, 0.15) is 11.9 Å². The Morgan fingerprint density at radius 2 is 1.77 bits per heavy atom. The Bertz CT molecular complexity index is 1220. The fourth-order valence-electron chi connectivity index (χ4n) is 2.71. The zero-order valence-electron chi connectivity index (χ0n) is 15.3. The third-order valence-electron chi connectivity index (χ3n) is 4.17. The van der Waals surface area contributed by atoms with Crippen LogP contribution in [0.5, 0.6) is 0 Å². The number of nitrogens with zero attached hydrogens (tertiary/aromatic N) is 3. The van der Waals surface area contributed by atoms with Crippen LogP contribution in [-0.4, -0.2) is 21.4 Å². The van der Waals surface area contributed by atoms with Crippen molar-refractivity contribution in [1.29, 1.82) is 0 Å². The second-order valence-corrected chi connectivity index (χ2v) is 10.1. The zero-order valence-corrected chi connectivity index (χ0v) is 18.5. The lowest BCUT2D eigenvalue weighted by atomic mass is 10.2. The number of halogens is 6. The van der Waals surface area contributed by atoms with E-state index in [9.17, 15) is 27.9 Å². The van der Waals surface area contributed by atoms with Gasteiger partial charge in [0.05, 0.1) is 25.6 Å². The van der Waals surface area contributed by atoms with E-state index in [-0.39, 0.29) is 11.5 Å². The van der Waals surface area contributed by atoms with Crippen molar-refractivity contribution in [2.75, 3.05) is 11.8 Å². The highest BCUT2D eigenvalue weighted by Crippen LogP contribution is 2.47. The average Bonchev–Trinajstić information content (AvgIpc) is 3.07. The van der Waals surface area contributed by atoms with Crippen molar-refractivity contribution in [3.63, 3.8) is 0 Å². The van der Waals surface area contributed by atoms with Crippen molar-refractivity contribution in [3.05, 3.63) is 73.3 Å². The summed E-state index contributed by atoms with van der Waals surface area (Å²) in [5.74, 6) is -0.390. The molecule has 1 aromatic heterocycles. The molecular formula is C17H11Cl3F3N4O3P. The van der Waals surface area contributed by atoms with Gasteiger partial charge in [-0.15, -0.1) is 0 Å². The van der Waals surface area contributed by atoms with Gasteiger partial charge in [-0.3, -0.25) is 14.7 Å². The Kier molecular flexibility index (Phi) is 6.30. The quantitative estimate of drug-likeness (QED) is 0.184. The molecule has 2 aromatic carbocycles. The van der Waals surface area contributed by atoms with Gasteiger partial charge in [-0.25, -0.2) is 4.68 Å². The summed E-state index contributed by atoms with van der Waals surface area (Å²) >= 11 is 17.9. The minimum Gasteiger partial charge on any atom is -0.312 e. The first-order chi connectivity index (χ1) is 14.3. The van der Waals surface area contributed by atoms with Crippen LogP contribution >= 0.6 is 42.1 Å². The summed E-state index contributed by atoms with van der Waals surface area (Å²) in [6.07, 6.45) is -4.02. The molecule has 0 spiro atoms. The standard InChI is InChI=1S/C17H11Cl3F3N4O3P/c1-31(30,9-5-3-2-4-6-9)25-16-12(27(28)29)8-24-26(16)15-11(18)7-10(17(21,22)23)13(19)14(15)20/h2-8H,1H3,(H,25,30). The molecule has 0 bridgehead atoms. The molecule has 1 atom stereocenters. The van der Waals surface area contributed by atoms with E-state index < -0.39 is 44.7 Å². The van der Waals surface area contributed by atoms with E-state index in [1.807, 2.05) is 0 Å². The molecule has 1 heterocycles. The van der Waals surface area contributed by atoms with Crippen LogP contribution in [0.15, 0.2) is 42.6 Å². The van der Waals surface area contributed by atoms with E-state index in [1.165, 1.54) is 6.66 Å². The highest BCUT2D eigenvalue weighted by atomic mass is 35.5. The largest absolute Gasteiger partial charge is 0.417 e. The molecule has 0 saturated heterocycles. The van der Waals surface area contributed by atoms with Gasteiger partial charge in [0.25, 0.3) is 0 Å². The van der Waals surface area contributed by atoms with Gasteiger partial charge in [0.15, 0.2) is 7.29 Å². The number of alkyl halides is 3. The summed E-state index contributed by atoms with van der Waals surface area (Å²) in [5, 5.41) is 16.2. The van der Waals surface area contributed by atoms with E-state index >= 15 is 0 Å². The SMILES string of the molecule is CP(=O)(Nc1c([N+](=O)[O-])cnn1-c1c(Cl)cc(C(F)(F)F)c(Cl)c1Cl)c1ccccc1. The third-order valence-corrected chi connectivity index (χ3v) is 7.23. The fraction of sp³-hybridized carbons (Fsp3) is 0.118. The van der Waals surface area contributed by atoms with Crippen LogP contribution in [0, 0.1) is 10.1 Å². The molecule has 0 amide bonds. The van der Waals surface area contributed by atoms with E-state index in [1.54, 1.807) is 30.3 Å². The van der Waals surface area contributed by atoms with Crippen LogP contribution in [0.1, 0.15) is 5.56 Å². The normalized spacial score (nSPS) is 13.6. The number of hydrogen-bond acceptors (Lipinski definition) is 4. The average molecular weight is 514 g/mol. The van der Waals surface area contributed by atoms with Gasteiger partial charge < -0.3 is 5.09 Å². The molecule has 3 aromatic rings. The minimum atomic E-state index is -4.84. The first kappa shape index (κ1) is 23.4. The number of benzene rings is 2. The van der Waals surface area contributed by atoms with Crippen molar-refractivity contribution in [3.8, 4) is 5.69 Å². The molecule has 3 rings (SSSR count). The molecule has 0 saturated carbocycles. The Labute approximate surface area is 188 Å². The van der Waals surface area contributed by atoms with E-state index in [2.05, 4.69) is 10.2 Å². The van der Waals surface area contributed by atoms with Crippen LogP contribution in [-0.2, 0) is 10.7 Å². The summed E-state index contributed by atoms with van der Waals surface area (Å²) in [6, 6.07) is 8.58. The summed E-state index contributed by atoms with van der Waals surface area (Å²) in [7, 11) is -3.44. The maximum Gasteiger partial charge on any atom is 0.417 e. The highest BCUT2D eigenvalue weighted by Gasteiger charge is 2.37. The molecule has 1 N–H and O–H groups in total. The molecule has 1 unspecified atom stereocenters. The Balaban J connectivity index is 2.22. The number of aromatic nitrogens is 2. The molecular weight excluding hydrogens is 503 g/mol. The van der Waals surface area contributed by atoms with Crippen LogP contribution in [0.3, 0.4) is 0 Å². The maximum absolute atomic E-state index is 13.2. The lowest BCUT2D eigenvalue weighted by Gasteiger charge is -2.19. The fourth-order valence-corrected chi connectivity index (χ4v) is 5.06. The number of hydrogen-bond donors (Lipinski definition) is 1. The third kappa shape index (κ3) is 4.52. The van der Waals surface area contributed by atoms with Crippen LogP contribution < -0.4 is 10.4 Å². The van der Waals surface area contributed by atoms with Gasteiger partial charge in [-0.1, -0.05) is 53.0 Å². The maximum atomic E-state index is 13.2. The first-order valence-electron chi connectivity index (χ1n) is 8.23. The smallest absolute Gasteiger partial charge is 0.312 e.